The number of rotatable bonds is 9. The van der Waals surface area contributed by atoms with Crippen LogP contribution in [0, 0.1) is 5.92 Å². The Hall–Kier alpha value is -2.97. The lowest BCUT2D eigenvalue weighted by Crippen LogP contribution is -2.33. The first-order chi connectivity index (χ1) is 15.5. The van der Waals surface area contributed by atoms with Crippen LogP contribution >= 0.6 is 11.6 Å². The number of benzene rings is 2. The van der Waals surface area contributed by atoms with Crippen LogP contribution in [0.2, 0.25) is 5.02 Å². The van der Waals surface area contributed by atoms with Crippen LogP contribution in [0.3, 0.4) is 0 Å². The van der Waals surface area contributed by atoms with Crippen LogP contribution < -0.4 is 26.4 Å². The van der Waals surface area contributed by atoms with Gasteiger partial charge in [0.1, 0.15) is 5.75 Å². The molecule has 0 bridgehead atoms. The molecule has 32 heavy (non-hydrogen) atoms. The summed E-state index contributed by atoms with van der Waals surface area (Å²) in [5.74, 6) is 0.556. The van der Waals surface area contributed by atoms with E-state index >= 15 is 0 Å². The van der Waals surface area contributed by atoms with E-state index in [0.717, 1.165) is 38.2 Å². The van der Waals surface area contributed by atoms with Gasteiger partial charge < -0.3 is 31.3 Å². The molecule has 2 aromatic rings. The van der Waals surface area contributed by atoms with Gasteiger partial charge in [-0.15, -0.1) is 0 Å². The number of methoxy groups -OCH3 is 1. The Bertz CT molecular complexity index is 925. The quantitative estimate of drug-likeness (QED) is 0.340. The van der Waals surface area contributed by atoms with E-state index in [1.165, 1.54) is 13.2 Å². The maximum atomic E-state index is 12.6. The Kier molecular flexibility index (Phi) is 8.58. The first kappa shape index (κ1) is 23.7. The van der Waals surface area contributed by atoms with E-state index in [4.69, 9.17) is 22.1 Å². The molecule has 1 heterocycles. The van der Waals surface area contributed by atoms with Crippen LogP contribution in [-0.4, -0.2) is 56.7 Å². The molecule has 172 valence electrons. The van der Waals surface area contributed by atoms with Gasteiger partial charge in [0.15, 0.2) is 0 Å². The number of halogens is 1. The molecule has 0 radical (unpaired) electrons. The van der Waals surface area contributed by atoms with Crippen LogP contribution in [0.1, 0.15) is 23.2 Å². The van der Waals surface area contributed by atoms with E-state index < -0.39 is 0 Å². The number of para-hydroxylation sites is 1. The van der Waals surface area contributed by atoms with Crippen molar-refractivity contribution in [3.05, 3.63) is 53.1 Å². The molecule has 9 heteroatoms. The standard InChI is InChI=1S/C23H30ClN5O3/c1-32-21-13-20(25)19(24)12-18(21)22(30)27-14-16-8-11-29(15-16)10-5-9-26-23(31)28-17-6-3-2-4-7-17/h2-4,6-7,12-13,16H,5,8-11,14-15,25H2,1H3,(H,27,30)(H2,26,28,31). The number of carbonyl (C=O) groups is 2. The Morgan fingerprint density at radius 3 is 2.75 bits per heavy atom. The zero-order chi connectivity index (χ0) is 22.9. The van der Waals surface area contributed by atoms with E-state index in [2.05, 4.69) is 20.9 Å². The number of likely N-dealkylation sites (tertiary alicyclic amines) is 1. The molecular formula is C23H30ClN5O3. The van der Waals surface area contributed by atoms with Gasteiger partial charge in [0, 0.05) is 31.4 Å². The van der Waals surface area contributed by atoms with Gasteiger partial charge in [-0.1, -0.05) is 29.8 Å². The maximum Gasteiger partial charge on any atom is 0.319 e. The third-order valence-electron chi connectivity index (χ3n) is 5.45. The summed E-state index contributed by atoms with van der Waals surface area (Å²) in [5, 5.41) is 8.99. The minimum absolute atomic E-state index is 0.198. The molecule has 1 fully saturated rings. The highest BCUT2D eigenvalue weighted by Crippen LogP contribution is 2.28. The molecule has 5 N–H and O–H groups in total. The molecule has 0 aliphatic carbocycles. The van der Waals surface area contributed by atoms with E-state index in [0.29, 0.717) is 41.0 Å². The van der Waals surface area contributed by atoms with Crippen molar-refractivity contribution in [1.82, 2.24) is 15.5 Å². The number of anilines is 2. The normalized spacial score (nSPS) is 15.9. The summed E-state index contributed by atoms with van der Waals surface area (Å²) in [6.07, 6.45) is 1.88. The highest BCUT2D eigenvalue weighted by Gasteiger charge is 2.23. The highest BCUT2D eigenvalue weighted by atomic mass is 35.5. The Labute approximate surface area is 193 Å². The van der Waals surface area contributed by atoms with Crippen LogP contribution in [-0.2, 0) is 0 Å². The summed E-state index contributed by atoms with van der Waals surface area (Å²) >= 11 is 6.06. The largest absolute Gasteiger partial charge is 0.496 e. The number of nitrogens with one attached hydrogen (secondary N) is 3. The van der Waals surface area contributed by atoms with Gasteiger partial charge >= 0.3 is 6.03 Å². The Morgan fingerprint density at radius 2 is 2.00 bits per heavy atom. The van der Waals surface area contributed by atoms with Crippen LogP contribution in [0.4, 0.5) is 16.2 Å². The predicted molar refractivity (Wildman–Crippen MR) is 127 cm³/mol. The molecular weight excluding hydrogens is 430 g/mol. The minimum Gasteiger partial charge on any atom is -0.496 e. The van der Waals surface area contributed by atoms with Crippen molar-refractivity contribution in [2.45, 2.75) is 12.8 Å². The number of nitrogens with two attached hydrogens (primary N) is 1. The lowest BCUT2D eigenvalue weighted by molar-refractivity contribution is 0.0944. The van der Waals surface area contributed by atoms with Gasteiger partial charge in [-0.3, -0.25) is 4.79 Å². The summed E-state index contributed by atoms with van der Waals surface area (Å²) in [6, 6.07) is 12.3. The minimum atomic E-state index is -0.226. The zero-order valence-electron chi connectivity index (χ0n) is 18.2. The Morgan fingerprint density at radius 1 is 1.22 bits per heavy atom. The number of amides is 3. The monoisotopic (exact) mass is 459 g/mol. The second kappa shape index (κ2) is 11.6. The van der Waals surface area contributed by atoms with Crippen molar-refractivity contribution in [3.8, 4) is 5.75 Å². The molecule has 1 atom stereocenters. The van der Waals surface area contributed by atoms with Crippen LogP contribution in [0.25, 0.3) is 0 Å². The molecule has 0 aromatic heterocycles. The van der Waals surface area contributed by atoms with Gasteiger partial charge in [0.2, 0.25) is 0 Å². The number of carbonyl (C=O) groups excluding carboxylic acids is 2. The molecule has 0 spiro atoms. The summed E-state index contributed by atoms with van der Waals surface area (Å²) in [4.78, 5) is 26.8. The average molecular weight is 460 g/mol. The second-order valence-electron chi connectivity index (χ2n) is 7.84. The first-order valence-corrected chi connectivity index (χ1v) is 11.1. The smallest absolute Gasteiger partial charge is 0.319 e. The molecule has 3 rings (SSSR count). The topological polar surface area (TPSA) is 109 Å². The average Bonchev–Trinajstić information content (AvgIpc) is 3.25. The molecule has 1 aliphatic heterocycles. The van der Waals surface area contributed by atoms with E-state index in [9.17, 15) is 9.59 Å². The summed E-state index contributed by atoms with van der Waals surface area (Å²) in [5.41, 5.74) is 7.30. The lowest BCUT2D eigenvalue weighted by Gasteiger charge is -2.17. The van der Waals surface area contributed by atoms with Gasteiger partial charge in [-0.05, 0) is 50.0 Å². The first-order valence-electron chi connectivity index (χ1n) is 10.7. The Balaban J connectivity index is 1.34. The third-order valence-corrected chi connectivity index (χ3v) is 5.78. The van der Waals surface area contributed by atoms with Gasteiger partial charge in [0.25, 0.3) is 5.91 Å². The van der Waals surface area contributed by atoms with Crippen LogP contribution in [0.15, 0.2) is 42.5 Å². The van der Waals surface area contributed by atoms with E-state index in [1.54, 1.807) is 6.07 Å². The zero-order valence-corrected chi connectivity index (χ0v) is 19.0. The van der Waals surface area contributed by atoms with Crippen molar-refractivity contribution in [3.63, 3.8) is 0 Å². The molecule has 1 saturated heterocycles. The van der Waals surface area contributed by atoms with E-state index in [-0.39, 0.29) is 11.9 Å². The van der Waals surface area contributed by atoms with Gasteiger partial charge in [-0.25, -0.2) is 4.79 Å². The fourth-order valence-corrected chi connectivity index (χ4v) is 3.90. The molecule has 1 unspecified atom stereocenters. The predicted octanol–water partition coefficient (Wildman–Crippen LogP) is 3.19. The van der Waals surface area contributed by atoms with Gasteiger partial charge in [-0.2, -0.15) is 0 Å². The third kappa shape index (κ3) is 6.77. The number of hydrogen-bond donors (Lipinski definition) is 4. The number of urea groups is 1. The van der Waals surface area contributed by atoms with Crippen molar-refractivity contribution >= 4 is 34.9 Å². The fourth-order valence-electron chi connectivity index (χ4n) is 3.73. The summed E-state index contributed by atoms with van der Waals surface area (Å²) < 4.78 is 5.25. The number of hydrogen-bond acceptors (Lipinski definition) is 5. The maximum absolute atomic E-state index is 12.6. The number of nitrogen functional groups attached to an aromatic ring is 1. The molecule has 2 aromatic carbocycles. The molecule has 3 amide bonds. The van der Waals surface area contributed by atoms with Crippen molar-refractivity contribution in [1.29, 1.82) is 0 Å². The van der Waals surface area contributed by atoms with Crippen molar-refractivity contribution < 1.29 is 14.3 Å². The van der Waals surface area contributed by atoms with E-state index in [1.807, 2.05) is 30.3 Å². The molecule has 8 nitrogen and oxygen atoms in total. The highest BCUT2D eigenvalue weighted by molar-refractivity contribution is 6.33. The SMILES string of the molecule is COc1cc(N)c(Cl)cc1C(=O)NCC1CCN(CCCNC(=O)Nc2ccccc2)C1. The molecule has 1 aliphatic rings. The fraction of sp³-hybridized carbons (Fsp3) is 0.391. The second-order valence-corrected chi connectivity index (χ2v) is 8.25. The van der Waals surface area contributed by atoms with Gasteiger partial charge in [0.05, 0.1) is 23.4 Å². The van der Waals surface area contributed by atoms with Crippen molar-refractivity contribution in [2.75, 3.05) is 50.9 Å². The summed E-state index contributed by atoms with van der Waals surface area (Å²) in [7, 11) is 1.49. The summed E-state index contributed by atoms with van der Waals surface area (Å²) in [6.45, 7) is 3.98. The van der Waals surface area contributed by atoms with Crippen molar-refractivity contribution in [2.24, 2.45) is 5.92 Å². The number of ether oxygens (including phenoxy) is 1. The molecule has 0 saturated carbocycles. The number of nitrogens with zero attached hydrogens (tertiary/aromatic N) is 1. The lowest BCUT2D eigenvalue weighted by atomic mass is 10.1. The van der Waals surface area contributed by atoms with Crippen LogP contribution in [0.5, 0.6) is 5.75 Å².